The van der Waals surface area contributed by atoms with E-state index in [0.717, 1.165) is 47.8 Å². The number of benzene rings is 2. The normalized spacial score (nSPS) is 18.3. The fourth-order valence-corrected chi connectivity index (χ4v) is 5.24. The molecule has 174 valence electrons. The third kappa shape index (κ3) is 4.64. The van der Waals surface area contributed by atoms with Crippen molar-refractivity contribution in [2.45, 2.75) is 51.3 Å². The molecule has 0 aliphatic carbocycles. The summed E-state index contributed by atoms with van der Waals surface area (Å²) in [4.78, 5) is 19.5. The fourth-order valence-electron chi connectivity index (χ4n) is 4.37. The van der Waals surface area contributed by atoms with Gasteiger partial charge < -0.3 is 9.64 Å². The van der Waals surface area contributed by atoms with Crippen LogP contribution >= 0.6 is 11.8 Å². The van der Waals surface area contributed by atoms with Crippen molar-refractivity contribution in [2.24, 2.45) is 10.1 Å². The molecule has 2 aliphatic heterocycles. The number of hydrogen-bond acceptors (Lipinski definition) is 5. The number of aryl methyl sites for hydroxylation is 1. The first kappa shape index (κ1) is 23.4. The van der Waals surface area contributed by atoms with Crippen LogP contribution in [-0.2, 0) is 6.42 Å². The Morgan fingerprint density at radius 3 is 2.70 bits per heavy atom. The molecule has 0 spiro atoms. The third-order valence-corrected chi connectivity index (χ3v) is 7.03. The van der Waals surface area contributed by atoms with E-state index in [-0.39, 0.29) is 16.0 Å². The molecule has 4 rings (SSSR count). The lowest BCUT2D eigenvalue weighted by Crippen LogP contribution is -2.40. The molecule has 0 N–H and O–H groups in total. The number of anilines is 1. The number of methoxy groups -OCH3 is 1. The minimum atomic E-state index is -0.381. The molecule has 0 saturated carbocycles. The highest BCUT2D eigenvalue weighted by molar-refractivity contribution is 8.15. The van der Waals surface area contributed by atoms with E-state index in [1.807, 2.05) is 18.2 Å². The summed E-state index contributed by atoms with van der Waals surface area (Å²) in [6, 6.07) is 14.8. The highest BCUT2D eigenvalue weighted by Gasteiger charge is 2.37. The Hall–Kier alpha value is -2.80. The van der Waals surface area contributed by atoms with E-state index in [1.54, 1.807) is 14.2 Å². The van der Waals surface area contributed by atoms with Crippen LogP contribution in [0, 0.1) is 0 Å². The van der Waals surface area contributed by atoms with Gasteiger partial charge in [-0.25, -0.2) is 5.01 Å². The number of para-hydroxylation sites is 1. The van der Waals surface area contributed by atoms with Gasteiger partial charge in [0.1, 0.15) is 11.6 Å². The van der Waals surface area contributed by atoms with Crippen LogP contribution in [0.15, 0.2) is 52.6 Å². The van der Waals surface area contributed by atoms with Gasteiger partial charge in [0.25, 0.3) is 0 Å². The van der Waals surface area contributed by atoms with Crippen molar-refractivity contribution in [3.05, 3.63) is 59.2 Å². The maximum atomic E-state index is 12.2. The summed E-state index contributed by atoms with van der Waals surface area (Å²) in [5.41, 5.74) is 5.43. The van der Waals surface area contributed by atoms with Crippen LogP contribution < -0.4 is 9.64 Å². The number of amides is 1. The average molecular weight is 465 g/mol. The summed E-state index contributed by atoms with van der Waals surface area (Å²) < 4.78 is 5.29. The Balaban J connectivity index is 1.78. The van der Waals surface area contributed by atoms with Crippen molar-refractivity contribution in [3.8, 4) is 5.75 Å². The predicted molar refractivity (Wildman–Crippen MR) is 138 cm³/mol. The second-order valence-corrected chi connectivity index (χ2v) is 10.8. The maximum absolute atomic E-state index is 12.2. The molecule has 2 aromatic rings. The molecule has 7 heteroatoms. The number of fused-ring (bicyclic) bond motifs is 1. The maximum Gasteiger partial charge on any atom is 0.302 e. The number of thioether (sulfide) groups is 1. The van der Waals surface area contributed by atoms with Crippen LogP contribution in [0.5, 0.6) is 5.75 Å². The number of nitrogens with zero attached hydrogens (tertiary/aromatic N) is 4. The number of aliphatic imine (C=N–C) groups is 1. The predicted octanol–water partition coefficient (Wildman–Crippen LogP) is 5.58. The Bertz CT molecular complexity index is 1120. The van der Waals surface area contributed by atoms with E-state index in [9.17, 15) is 4.79 Å². The van der Waals surface area contributed by atoms with Gasteiger partial charge in [0.05, 0.1) is 23.1 Å². The topological polar surface area (TPSA) is 57.5 Å². The van der Waals surface area contributed by atoms with Crippen molar-refractivity contribution in [1.29, 1.82) is 0 Å². The number of amidine groups is 1. The highest BCUT2D eigenvalue weighted by atomic mass is 32.2. The molecule has 2 heterocycles. The van der Waals surface area contributed by atoms with E-state index in [1.165, 1.54) is 28.0 Å². The second-order valence-electron chi connectivity index (χ2n) is 9.20. The number of rotatable bonds is 4. The molecule has 0 aromatic heterocycles. The van der Waals surface area contributed by atoms with Gasteiger partial charge >= 0.3 is 5.24 Å². The summed E-state index contributed by atoms with van der Waals surface area (Å²) in [6.45, 7) is 9.21. The monoisotopic (exact) mass is 464 g/mol. The van der Waals surface area contributed by atoms with Gasteiger partial charge in [-0.05, 0) is 75.9 Å². The number of carbonyl (C=O) groups excluding carboxylic acids is 1. The van der Waals surface area contributed by atoms with E-state index < -0.39 is 0 Å². The number of ether oxygens (including phenoxy) is 1. The zero-order valence-electron chi connectivity index (χ0n) is 20.3. The molecular weight excluding hydrogens is 432 g/mol. The van der Waals surface area contributed by atoms with Crippen molar-refractivity contribution in [1.82, 2.24) is 5.01 Å². The quantitative estimate of drug-likeness (QED) is 0.438. The minimum Gasteiger partial charge on any atom is -0.496 e. The van der Waals surface area contributed by atoms with Crippen LogP contribution in [0.4, 0.5) is 10.5 Å². The zero-order chi connectivity index (χ0) is 23.8. The smallest absolute Gasteiger partial charge is 0.302 e. The fraction of sp³-hybridized carbons (Fsp3) is 0.423. The Morgan fingerprint density at radius 1 is 1.21 bits per heavy atom. The van der Waals surface area contributed by atoms with E-state index >= 15 is 0 Å². The number of hydrogen-bond donors (Lipinski definition) is 0. The number of carbonyl (C=O) groups is 1. The standard InChI is InChI=1S/C26H32N4O2S/c1-17(2)27-24(20-11-7-8-12-22(20)32-6)30-15-9-10-18-16-19(13-14-21(18)30)23-26(3,4)33-25(31)29(5)28-23/h7-8,11-14,16-17H,9-10,15H2,1-6H3/b27-24-. The molecule has 1 amide bonds. The molecule has 6 nitrogen and oxygen atoms in total. The van der Waals surface area contributed by atoms with Gasteiger partial charge in [-0.15, -0.1) is 0 Å². The van der Waals surface area contributed by atoms with Crippen LogP contribution in [0.3, 0.4) is 0 Å². The largest absolute Gasteiger partial charge is 0.496 e. The molecule has 0 unspecified atom stereocenters. The lowest BCUT2D eigenvalue weighted by atomic mass is 9.93. The van der Waals surface area contributed by atoms with Gasteiger partial charge in [-0.1, -0.05) is 30.0 Å². The van der Waals surface area contributed by atoms with Gasteiger partial charge in [0.2, 0.25) is 0 Å². The SMILES string of the molecule is COc1ccccc1/C(=N/C(C)C)N1CCCc2cc(C3=NN(C)C(=O)SC3(C)C)ccc21. The third-order valence-electron chi connectivity index (χ3n) is 5.88. The van der Waals surface area contributed by atoms with Crippen LogP contribution in [0.2, 0.25) is 0 Å². The molecule has 0 bridgehead atoms. The van der Waals surface area contributed by atoms with Crippen molar-refractivity contribution >= 4 is 34.2 Å². The first-order chi connectivity index (χ1) is 15.7. The Labute approximate surface area is 200 Å². The average Bonchev–Trinajstić information content (AvgIpc) is 2.78. The first-order valence-corrected chi connectivity index (χ1v) is 12.2. The highest BCUT2D eigenvalue weighted by Crippen LogP contribution is 2.37. The van der Waals surface area contributed by atoms with E-state index in [0.29, 0.717) is 0 Å². The van der Waals surface area contributed by atoms with Gasteiger partial charge in [0, 0.05) is 25.3 Å². The van der Waals surface area contributed by atoms with Crippen LogP contribution in [0.1, 0.15) is 50.8 Å². The number of hydrazone groups is 1. The van der Waals surface area contributed by atoms with E-state index in [2.05, 4.69) is 62.0 Å². The molecule has 2 aliphatic rings. The van der Waals surface area contributed by atoms with Crippen molar-refractivity contribution in [3.63, 3.8) is 0 Å². The Kier molecular flexibility index (Phi) is 6.52. The van der Waals surface area contributed by atoms with Gasteiger partial charge in [0.15, 0.2) is 0 Å². The molecule has 2 aromatic carbocycles. The van der Waals surface area contributed by atoms with E-state index in [4.69, 9.17) is 9.73 Å². The zero-order valence-corrected chi connectivity index (χ0v) is 21.1. The summed E-state index contributed by atoms with van der Waals surface area (Å²) >= 11 is 1.32. The summed E-state index contributed by atoms with van der Waals surface area (Å²) in [6.07, 6.45) is 2.03. The molecule has 0 atom stereocenters. The molecule has 0 saturated heterocycles. The summed E-state index contributed by atoms with van der Waals surface area (Å²) in [5, 5.41) is 6.03. The molecular formula is C26H32N4O2S. The molecule has 0 radical (unpaired) electrons. The molecule has 33 heavy (non-hydrogen) atoms. The first-order valence-electron chi connectivity index (χ1n) is 11.4. The lowest BCUT2D eigenvalue weighted by Gasteiger charge is -2.35. The summed E-state index contributed by atoms with van der Waals surface area (Å²) in [5.74, 6) is 1.76. The van der Waals surface area contributed by atoms with Crippen molar-refractivity contribution < 1.29 is 9.53 Å². The Morgan fingerprint density at radius 2 is 1.97 bits per heavy atom. The molecule has 0 fully saturated rings. The van der Waals surface area contributed by atoms with Gasteiger partial charge in [-0.3, -0.25) is 9.79 Å². The van der Waals surface area contributed by atoms with Crippen LogP contribution in [0.25, 0.3) is 0 Å². The van der Waals surface area contributed by atoms with Crippen molar-refractivity contribution in [2.75, 3.05) is 25.6 Å². The lowest BCUT2D eigenvalue weighted by molar-refractivity contribution is 0.234. The van der Waals surface area contributed by atoms with Gasteiger partial charge in [-0.2, -0.15) is 5.10 Å². The van der Waals surface area contributed by atoms with Crippen LogP contribution in [-0.4, -0.2) is 53.3 Å². The minimum absolute atomic E-state index is 0.0285. The second kappa shape index (κ2) is 9.21. The summed E-state index contributed by atoms with van der Waals surface area (Å²) in [7, 11) is 3.42.